The SMILES string of the molecule is COc1cccc2ccc(/C=C3\SC(=S)N(N4CCOCC4)C3=O)nc12. The van der Waals surface area contributed by atoms with Crippen molar-refractivity contribution in [2.24, 2.45) is 0 Å². The number of para-hydroxylation sites is 1. The number of hydrogen-bond donors (Lipinski definition) is 0. The molecule has 1 aromatic carbocycles. The molecule has 0 unspecified atom stereocenters. The Hall–Kier alpha value is -2.00. The molecule has 1 amide bonds. The summed E-state index contributed by atoms with van der Waals surface area (Å²) in [6.07, 6.45) is 1.78. The lowest BCUT2D eigenvalue weighted by molar-refractivity contribution is -0.138. The largest absolute Gasteiger partial charge is 0.494 e. The molecular formula is C18H17N3O3S2. The Morgan fingerprint density at radius 2 is 2.08 bits per heavy atom. The first-order chi connectivity index (χ1) is 12.7. The second-order valence-corrected chi connectivity index (χ2v) is 7.50. The van der Waals surface area contributed by atoms with Crippen molar-refractivity contribution in [2.45, 2.75) is 0 Å². The fourth-order valence-electron chi connectivity index (χ4n) is 2.97. The molecule has 0 N–H and O–H groups in total. The van der Waals surface area contributed by atoms with E-state index in [0.29, 0.717) is 47.0 Å². The Morgan fingerprint density at radius 3 is 2.85 bits per heavy atom. The predicted octanol–water partition coefficient (Wildman–Crippen LogP) is 2.69. The van der Waals surface area contributed by atoms with E-state index in [1.54, 1.807) is 18.2 Å². The topological polar surface area (TPSA) is 54.9 Å². The summed E-state index contributed by atoms with van der Waals surface area (Å²) in [5.41, 5.74) is 1.47. The first-order valence-corrected chi connectivity index (χ1v) is 9.44. The maximum atomic E-state index is 12.8. The van der Waals surface area contributed by atoms with E-state index in [-0.39, 0.29) is 5.91 Å². The first-order valence-electron chi connectivity index (χ1n) is 8.22. The molecule has 0 spiro atoms. The zero-order valence-electron chi connectivity index (χ0n) is 14.2. The van der Waals surface area contributed by atoms with Crippen molar-refractivity contribution in [3.8, 4) is 5.75 Å². The van der Waals surface area contributed by atoms with Crippen molar-refractivity contribution in [1.82, 2.24) is 15.0 Å². The number of aromatic nitrogens is 1. The number of ether oxygens (including phenoxy) is 2. The quantitative estimate of drug-likeness (QED) is 0.593. The van der Waals surface area contributed by atoms with Gasteiger partial charge < -0.3 is 9.47 Å². The molecule has 2 fully saturated rings. The van der Waals surface area contributed by atoms with Crippen LogP contribution in [0.15, 0.2) is 35.2 Å². The van der Waals surface area contributed by atoms with Gasteiger partial charge in [-0.1, -0.05) is 42.2 Å². The van der Waals surface area contributed by atoms with Gasteiger partial charge in [0, 0.05) is 18.5 Å². The number of carbonyl (C=O) groups excluding carboxylic acids is 1. The molecule has 6 nitrogen and oxygen atoms in total. The van der Waals surface area contributed by atoms with E-state index in [2.05, 4.69) is 4.98 Å². The molecule has 0 aliphatic carbocycles. The summed E-state index contributed by atoms with van der Waals surface area (Å²) in [5.74, 6) is 0.599. The molecule has 0 saturated carbocycles. The van der Waals surface area contributed by atoms with Gasteiger partial charge in [0.15, 0.2) is 4.32 Å². The normalized spacial score (nSPS) is 20.3. The highest BCUT2D eigenvalue weighted by Gasteiger charge is 2.37. The average molecular weight is 387 g/mol. The molecule has 0 bridgehead atoms. The molecule has 26 heavy (non-hydrogen) atoms. The lowest BCUT2D eigenvalue weighted by atomic mass is 10.2. The van der Waals surface area contributed by atoms with Crippen LogP contribution >= 0.6 is 24.0 Å². The number of thioether (sulfide) groups is 1. The maximum Gasteiger partial charge on any atom is 0.281 e. The van der Waals surface area contributed by atoms with Crippen LogP contribution in [0.2, 0.25) is 0 Å². The standard InChI is InChI=1S/C18H17N3O3S2/c1-23-14-4-2-3-12-5-6-13(19-16(12)14)11-15-17(22)21(18(25)26-15)20-7-9-24-10-8-20/h2-6,11H,7-10H2,1H3/b15-11-. The number of fused-ring (bicyclic) bond motifs is 1. The van der Waals surface area contributed by atoms with E-state index >= 15 is 0 Å². The molecule has 4 rings (SSSR count). The van der Waals surface area contributed by atoms with E-state index in [9.17, 15) is 4.79 Å². The fraction of sp³-hybridized carbons (Fsp3) is 0.278. The van der Waals surface area contributed by atoms with Crippen LogP contribution in [0.25, 0.3) is 17.0 Å². The number of nitrogens with zero attached hydrogens (tertiary/aromatic N) is 3. The van der Waals surface area contributed by atoms with Crippen molar-refractivity contribution >= 4 is 51.2 Å². The van der Waals surface area contributed by atoms with Crippen molar-refractivity contribution in [3.63, 3.8) is 0 Å². The van der Waals surface area contributed by atoms with E-state index in [1.807, 2.05) is 35.3 Å². The van der Waals surface area contributed by atoms with Gasteiger partial charge in [-0.3, -0.25) is 4.79 Å². The number of hydrogen-bond acceptors (Lipinski definition) is 7. The summed E-state index contributed by atoms with van der Waals surface area (Å²) < 4.78 is 11.3. The van der Waals surface area contributed by atoms with Crippen molar-refractivity contribution in [3.05, 3.63) is 40.9 Å². The highest BCUT2D eigenvalue weighted by Crippen LogP contribution is 2.34. The van der Waals surface area contributed by atoms with Gasteiger partial charge in [-0.15, -0.1) is 0 Å². The zero-order valence-corrected chi connectivity index (χ0v) is 15.8. The van der Waals surface area contributed by atoms with Crippen LogP contribution in [0.1, 0.15) is 5.69 Å². The number of methoxy groups -OCH3 is 1. The van der Waals surface area contributed by atoms with Gasteiger partial charge in [0.1, 0.15) is 11.3 Å². The molecule has 2 aliphatic heterocycles. The van der Waals surface area contributed by atoms with E-state index in [4.69, 9.17) is 21.7 Å². The van der Waals surface area contributed by atoms with Gasteiger partial charge in [0.25, 0.3) is 5.91 Å². The number of rotatable bonds is 3. The molecular weight excluding hydrogens is 370 g/mol. The third kappa shape index (κ3) is 3.21. The maximum absolute atomic E-state index is 12.8. The van der Waals surface area contributed by atoms with Gasteiger partial charge in [-0.05, 0) is 18.2 Å². The highest BCUT2D eigenvalue weighted by molar-refractivity contribution is 8.26. The molecule has 8 heteroatoms. The lowest BCUT2D eigenvalue weighted by Gasteiger charge is -2.33. The lowest BCUT2D eigenvalue weighted by Crippen LogP contribution is -2.50. The fourth-order valence-corrected chi connectivity index (χ4v) is 4.27. The Bertz CT molecular complexity index is 910. The molecule has 134 valence electrons. The van der Waals surface area contributed by atoms with Gasteiger partial charge in [0.2, 0.25) is 0 Å². The van der Waals surface area contributed by atoms with E-state index in [0.717, 1.165) is 10.9 Å². The second-order valence-electron chi connectivity index (χ2n) is 5.83. The van der Waals surface area contributed by atoms with Crippen LogP contribution in [0.4, 0.5) is 0 Å². The third-order valence-electron chi connectivity index (χ3n) is 4.25. The van der Waals surface area contributed by atoms with Crippen molar-refractivity contribution < 1.29 is 14.3 Å². The summed E-state index contributed by atoms with van der Waals surface area (Å²) in [4.78, 5) is 18.0. The van der Waals surface area contributed by atoms with Crippen LogP contribution in [0.3, 0.4) is 0 Å². The van der Waals surface area contributed by atoms with Crippen molar-refractivity contribution in [2.75, 3.05) is 33.4 Å². The number of carbonyl (C=O) groups is 1. The number of amides is 1. The third-order valence-corrected chi connectivity index (χ3v) is 5.53. The number of thiocarbonyl (C=S) groups is 1. The Balaban J connectivity index is 1.65. The predicted molar refractivity (Wildman–Crippen MR) is 106 cm³/mol. The summed E-state index contributed by atoms with van der Waals surface area (Å²) in [6.45, 7) is 2.51. The van der Waals surface area contributed by atoms with Gasteiger partial charge >= 0.3 is 0 Å². The van der Waals surface area contributed by atoms with Crippen LogP contribution in [-0.4, -0.2) is 58.6 Å². The minimum atomic E-state index is -0.108. The van der Waals surface area contributed by atoms with E-state index < -0.39 is 0 Å². The van der Waals surface area contributed by atoms with E-state index in [1.165, 1.54) is 11.8 Å². The minimum Gasteiger partial charge on any atom is -0.494 e. The molecule has 2 saturated heterocycles. The summed E-state index contributed by atoms with van der Waals surface area (Å²) in [6, 6.07) is 9.64. The Kier molecular flexibility index (Phi) is 4.90. The smallest absolute Gasteiger partial charge is 0.281 e. The molecule has 1 aromatic heterocycles. The summed E-state index contributed by atoms with van der Waals surface area (Å²) >= 11 is 6.71. The van der Waals surface area contributed by atoms with Gasteiger partial charge in [0.05, 0.1) is 30.9 Å². The number of benzene rings is 1. The van der Waals surface area contributed by atoms with Crippen molar-refractivity contribution in [1.29, 1.82) is 0 Å². The van der Waals surface area contributed by atoms with Gasteiger partial charge in [-0.25, -0.2) is 15.0 Å². The second kappa shape index (κ2) is 7.32. The first kappa shape index (κ1) is 17.4. The van der Waals surface area contributed by atoms with Crippen LogP contribution in [-0.2, 0) is 9.53 Å². The summed E-state index contributed by atoms with van der Waals surface area (Å²) in [7, 11) is 1.62. The highest BCUT2D eigenvalue weighted by atomic mass is 32.2. The minimum absolute atomic E-state index is 0.108. The van der Waals surface area contributed by atoms with Gasteiger partial charge in [-0.2, -0.15) is 0 Å². The molecule has 2 aromatic rings. The molecule has 0 atom stereocenters. The number of hydrazine groups is 1. The average Bonchev–Trinajstić information content (AvgIpc) is 2.95. The Morgan fingerprint density at radius 1 is 1.27 bits per heavy atom. The van der Waals surface area contributed by atoms with Crippen LogP contribution in [0, 0.1) is 0 Å². The van der Waals surface area contributed by atoms with Crippen LogP contribution < -0.4 is 4.74 Å². The van der Waals surface area contributed by atoms with Crippen LogP contribution in [0.5, 0.6) is 5.75 Å². The molecule has 3 heterocycles. The zero-order chi connectivity index (χ0) is 18.1. The molecule has 2 aliphatic rings. The monoisotopic (exact) mass is 387 g/mol. The molecule has 0 radical (unpaired) electrons. The number of pyridine rings is 1. The Labute approximate surface area is 160 Å². The summed E-state index contributed by atoms with van der Waals surface area (Å²) in [5, 5.41) is 4.51. The number of morpholine rings is 1.